The lowest BCUT2D eigenvalue weighted by Crippen LogP contribution is -2.41. The molecule has 0 unspecified atom stereocenters. The van der Waals surface area contributed by atoms with E-state index >= 15 is 0 Å². The standard InChI is InChI=1S/C18H23N3O3/c1-13-3-4-15(11-16(13)18-19-7-10-24-18)20-14-5-8-21(9-6-14)12-17(22)23-2/h3-4,7,10-11,14,20H,5-6,8-9,12H2,1-2H3. The monoisotopic (exact) mass is 329 g/mol. The maximum absolute atomic E-state index is 11.3. The van der Waals surface area contributed by atoms with Gasteiger partial charge in [0, 0.05) is 30.4 Å². The number of carbonyl (C=O) groups is 1. The lowest BCUT2D eigenvalue weighted by molar-refractivity contribution is -0.142. The summed E-state index contributed by atoms with van der Waals surface area (Å²) in [5.41, 5.74) is 3.21. The van der Waals surface area contributed by atoms with Crippen molar-refractivity contribution in [1.82, 2.24) is 9.88 Å². The van der Waals surface area contributed by atoms with Crippen LogP contribution in [0.5, 0.6) is 0 Å². The number of likely N-dealkylation sites (tertiary alicyclic amines) is 1. The van der Waals surface area contributed by atoms with Crippen LogP contribution in [0.25, 0.3) is 11.5 Å². The summed E-state index contributed by atoms with van der Waals surface area (Å²) in [6.07, 6.45) is 5.25. The highest BCUT2D eigenvalue weighted by atomic mass is 16.5. The van der Waals surface area contributed by atoms with Crippen LogP contribution in [-0.2, 0) is 9.53 Å². The van der Waals surface area contributed by atoms with Crippen LogP contribution >= 0.6 is 0 Å². The van der Waals surface area contributed by atoms with Crippen LogP contribution in [0.1, 0.15) is 18.4 Å². The van der Waals surface area contributed by atoms with Crippen molar-refractivity contribution in [3.63, 3.8) is 0 Å². The fourth-order valence-electron chi connectivity index (χ4n) is 3.02. The molecule has 0 spiro atoms. The zero-order chi connectivity index (χ0) is 16.9. The van der Waals surface area contributed by atoms with Crippen molar-refractivity contribution in [1.29, 1.82) is 0 Å². The number of esters is 1. The summed E-state index contributed by atoms with van der Waals surface area (Å²) >= 11 is 0. The van der Waals surface area contributed by atoms with Gasteiger partial charge in [0.05, 0.1) is 19.9 Å². The number of piperidine rings is 1. The predicted octanol–water partition coefficient (Wildman–Crippen LogP) is 2.70. The Labute approximate surface area is 141 Å². The molecule has 1 N–H and O–H groups in total. The van der Waals surface area contributed by atoms with E-state index in [9.17, 15) is 4.79 Å². The number of anilines is 1. The van der Waals surface area contributed by atoms with Crippen LogP contribution in [0.4, 0.5) is 5.69 Å². The molecule has 1 saturated heterocycles. The van der Waals surface area contributed by atoms with Crippen molar-refractivity contribution in [3.8, 4) is 11.5 Å². The van der Waals surface area contributed by atoms with E-state index in [-0.39, 0.29) is 5.97 Å². The number of benzene rings is 1. The molecule has 3 rings (SSSR count). The van der Waals surface area contributed by atoms with Crippen LogP contribution in [0.2, 0.25) is 0 Å². The zero-order valence-electron chi connectivity index (χ0n) is 14.1. The molecule has 24 heavy (non-hydrogen) atoms. The molecule has 2 heterocycles. The smallest absolute Gasteiger partial charge is 0.319 e. The Morgan fingerprint density at radius 2 is 2.21 bits per heavy atom. The van der Waals surface area contributed by atoms with Crippen molar-refractivity contribution in [2.45, 2.75) is 25.8 Å². The summed E-state index contributed by atoms with van der Waals surface area (Å²) in [5.74, 6) is 0.472. The molecule has 1 aromatic heterocycles. The van der Waals surface area contributed by atoms with Gasteiger partial charge in [0.1, 0.15) is 6.26 Å². The van der Waals surface area contributed by atoms with Gasteiger partial charge < -0.3 is 14.5 Å². The minimum absolute atomic E-state index is 0.171. The normalized spacial score (nSPS) is 16.1. The molecular formula is C18H23N3O3. The Bertz CT molecular complexity index is 677. The molecule has 128 valence electrons. The highest BCUT2D eigenvalue weighted by molar-refractivity contribution is 5.71. The maximum atomic E-state index is 11.3. The van der Waals surface area contributed by atoms with Gasteiger partial charge in [0.2, 0.25) is 5.89 Å². The first-order valence-corrected chi connectivity index (χ1v) is 8.22. The molecule has 1 aliphatic heterocycles. The van der Waals surface area contributed by atoms with Crippen molar-refractivity contribution in [2.75, 3.05) is 32.1 Å². The summed E-state index contributed by atoms with van der Waals surface area (Å²) in [6.45, 7) is 4.22. The topological polar surface area (TPSA) is 67.6 Å². The maximum Gasteiger partial charge on any atom is 0.319 e. The third kappa shape index (κ3) is 3.94. The molecule has 1 aliphatic rings. The second-order valence-corrected chi connectivity index (χ2v) is 6.14. The van der Waals surface area contributed by atoms with E-state index in [1.54, 1.807) is 12.5 Å². The minimum atomic E-state index is -0.171. The lowest BCUT2D eigenvalue weighted by Gasteiger charge is -2.32. The van der Waals surface area contributed by atoms with E-state index in [0.29, 0.717) is 18.5 Å². The number of hydrogen-bond acceptors (Lipinski definition) is 6. The first kappa shape index (κ1) is 16.5. The fourth-order valence-corrected chi connectivity index (χ4v) is 3.02. The van der Waals surface area contributed by atoms with Gasteiger partial charge in [-0.3, -0.25) is 9.69 Å². The number of aromatic nitrogens is 1. The number of rotatable bonds is 5. The summed E-state index contributed by atoms with van der Waals surface area (Å²) in [7, 11) is 1.43. The largest absolute Gasteiger partial charge is 0.468 e. The van der Waals surface area contributed by atoms with Crippen LogP contribution in [0, 0.1) is 6.92 Å². The Morgan fingerprint density at radius 1 is 1.42 bits per heavy atom. The summed E-state index contributed by atoms with van der Waals surface area (Å²) in [6, 6.07) is 6.65. The van der Waals surface area contributed by atoms with E-state index in [1.807, 2.05) is 0 Å². The molecule has 1 fully saturated rings. The third-order valence-electron chi connectivity index (χ3n) is 4.44. The van der Waals surface area contributed by atoms with Gasteiger partial charge in [-0.05, 0) is 37.5 Å². The lowest BCUT2D eigenvalue weighted by atomic mass is 10.0. The van der Waals surface area contributed by atoms with E-state index in [4.69, 9.17) is 9.15 Å². The highest BCUT2D eigenvalue weighted by Gasteiger charge is 2.21. The molecule has 0 amide bonds. The second-order valence-electron chi connectivity index (χ2n) is 6.14. The predicted molar refractivity (Wildman–Crippen MR) is 91.8 cm³/mol. The van der Waals surface area contributed by atoms with E-state index in [1.165, 1.54) is 7.11 Å². The van der Waals surface area contributed by atoms with Crippen molar-refractivity contribution in [2.24, 2.45) is 0 Å². The Kier molecular flexibility index (Phi) is 5.15. The average molecular weight is 329 g/mol. The quantitative estimate of drug-likeness (QED) is 0.851. The molecule has 0 atom stereocenters. The van der Waals surface area contributed by atoms with Crippen molar-refractivity contribution >= 4 is 11.7 Å². The number of carbonyl (C=O) groups excluding carboxylic acids is 1. The molecule has 1 aromatic carbocycles. The van der Waals surface area contributed by atoms with Gasteiger partial charge in [-0.25, -0.2) is 4.98 Å². The second kappa shape index (κ2) is 7.49. The number of oxazole rings is 1. The number of ether oxygens (including phenoxy) is 1. The zero-order valence-corrected chi connectivity index (χ0v) is 14.1. The molecule has 6 heteroatoms. The summed E-state index contributed by atoms with van der Waals surface area (Å²) in [4.78, 5) is 17.7. The molecule has 2 aromatic rings. The number of methoxy groups -OCH3 is 1. The number of aryl methyl sites for hydroxylation is 1. The number of nitrogens with zero attached hydrogens (tertiary/aromatic N) is 2. The van der Waals surface area contributed by atoms with Crippen molar-refractivity contribution in [3.05, 3.63) is 36.2 Å². The summed E-state index contributed by atoms with van der Waals surface area (Å²) < 4.78 is 10.1. The van der Waals surface area contributed by atoms with Crippen LogP contribution in [0.3, 0.4) is 0 Å². The number of hydrogen-bond donors (Lipinski definition) is 1. The van der Waals surface area contributed by atoms with Crippen LogP contribution in [-0.4, -0.2) is 48.6 Å². The molecule has 0 aliphatic carbocycles. The number of nitrogens with one attached hydrogen (secondary N) is 1. The van der Waals surface area contributed by atoms with Gasteiger partial charge in [-0.1, -0.05) is 6.07 Å². The fraction of sp³-hybridized carbons (Fsp3) is 0.444. The van der Waals surface area contributed by atoms with Gasteiger partial charge in [-0.2, -0.15) is 0 Å². The van der Waals surface area contributed by atoms with Gasteiger partial charge in [0.25, 0.3) is 0 Å². The minimum Gasteiger partial charge on any atom is -0.468 e. The van der Waals surface area contributed by atoms with Gasteiger partial charge >= 0.3 is 5.97 Å². The first-order chi connectivity index (χ1) is 11.7. The highest BCUT2D eigenvalue weighted by Crippen LogP contribution is 2.26. The Balaban J connectivity index is 1.59. The average Bonchev–Trinajstić information content (AvgIpc) is 3.12. The third-order valence-corrected chi connectivity index (χ3v) is 4.44. The molecule has 6 nitrogen and oxygen atoms in total. The van der Waals surface area contributed by atoms with E-state index in [0.717, 1.165) is 42.7 Å². The van der Waals surface area contributed by atoms with Crippen LogP contribution in [0.15, 0.2) is 35.1 Å². The van der Waals surface area contributed by atoms with Gasteiger partial charge in [-0.15, -0.1) is 0 Å². The SMILES string of the molecule is COC(=O)CN1CCC(Nc2ccc(C)c(-c3ncco3)c2)CC1. The van der Waals surface area contributed by atoms with Gasteiger partial charge in [0.15, 0.2) is 0 Å². The molecule has 0 radical (unpaired) electrons. The van der Waals surface area contributed by atoms with E-state index in [2.05, 4.69) is 40.3 Å². The molecule has 0 saturated carbocycles. The molecule has 0 bridgehead atoms. The Hall–Kier alpha value is -2.34. The Morgan fingerprint density at radius 3 is 2.88 bits per heavy atom. The van der Waals surface area contributed by atoms with Crippen molar-refractivity contribution < 1.29 is 13.9 Å². The van der Waals surface area contributed by atoms with Crippen LogP contribution < -0.4 is 5.32 Å². The summed E-state index contributed by atoms with van der Waals surface area (Å²) in [5, 5.41) is 3.59. The first-order valence-electron chi connectivity index (χ1n) is 8.22. The molecular weight excluding hydrogens is 306 g/mol. The van der Waals surface area contributed by atoms with E-state index < -0.39 is 0 Å².